The minimum Gasteiger partial charge on any atom is -0.479 e. The number of hydrogen-bond acceptors (Lipinski definition) is 4. The van der Waals surface area contributed by atoms with Crippen molar-refractivity contribution >= 4 is 12.0 Å². The maximum Gasteiger partial charge on any atom is 0.332 e. The zero-order valence-corrected chi connectivity index (χ0v) is 11.7. The number of nitrogens with zero attached hydrogens (tertiary/aromatic N) is 2. The molecule has 0 spiro atoms. The van der Waals surface area contributed by atoms with Crippen LogP contribution in [0.5, 0.6) is 0 Å². The van der Waals surface area contributed by atoms with E-state index < -0.39 is 12.1 Å². The van der Waals surface area contributed by atoms with Crippen molar-refractivity contribution in [3.63, 3.8) is 0 Å². The molecule has 2 atom stereocenters. The number of aliphatic carboxylic acids is 1. The lowest BCUT2D eigenvalue weighted by Gasteiger charge is -2.13. The predicted molar refractivity (Wildman–Crippen MR) is 73.8 cm³/mol. The van der Waals surface area contributed by atoms with Crippen LogP contribution in [0.1, 0.15) is 19.3 Å². The summed E-state index contributed by atoms with van der Waals surface area (Å²) in [5.74, 6) is -0.943. The molecule has 0 radical (unpaired) electrons. The van der Waals surface area contributed by atoms with Crippen molar-refractivity contribution < 1.29 is 19.4 Å². The summed E-state index contributed by atoms with van der Waals surface area (Å²) in [6.07, 6.45) is 6.31. The standard InChI is InChI=1S/C13H20N4O4/c18-12(19)11-3-2-10(21-11)8-16-13(20)15-4-1-6-17-7-5-14-9-17/h5,7,9-11H,1-4,6,8H2,(H,18,19)(H2,15,16,20). The van der Waals surface area contributed by atoms with Gasteiger partial charge < -0.3 is 25.0 Å². The molecule has 0 bridgehead atoms. The number of urea groups is 1. The average molecular weight is 296 g/mol. The number of aromatic nitrogens is 2. The first-order valence-corrected chi connectivity index (χ1v) is 7.01. The van der Waals surface area contributed by atoms with Crippen LogP contribution in [0, 0.1) is 0 Å². The van der Waals surface area contributed by atoms with Crippen LogP contribution in [0.2, 0.25) is 0 Å². The third kappa shape index (κ3) is 5.07. The van der Waals surface area contributed by atoms with Gasteiger partial charge in [0.25, 0.3) is 0 Å². The number of nitrogens with one attached hydrogen (secondary N) is 2. The quantitative estimate of drug-likeness (QED) is 0.624. The molecule has 8 heteroatoms. The lowest BCUT2D eigenvalue weighted by Crippen LogP contribution is -2.40. The largest absolute Gasteiger partial charge is 0.479 e. The summed E-state index contributed by atoms with van der Waals surface area (Å²) in [4.78, 5) is 26.2. The topological polar surface area (TPSA) is 105 Å². The van der Waals surface area contributed by atoms with Crippen LogP contribution in [-0.2, 0) is 16.1 Å². The first kappa shape index (κ1) is 15.3. The highest BCUT2D eigenvalue weighted by Crippen LogP contribution is 2.18. The fraction of sp³-hybridized carbons (Fsp3) is 0.615. The molecule has 2 unspecified atom stereocenters. The monoisotopic (exact) mass is 296 g/mol. The number of carboxylic acid groups (broad SMARTS) is 1. The number of carboxylic acids is 1. The molecule has 1 aliphatic rings. The molecule has 0 aromatic carbocycles. The van der Waals surface area contributed by atoms with E-state index >= 15 is 0 Å². The highest BCUT2D eigenvalue weighted by molar-refractivity contribution is 5.74. The molecule has 3 N–H and O–H groups in total. The first-order chi connectivity index (χ1) is 10.1. The first-order valence-electron chi connectivity index (χ1n) is 7.01. The van der Waals surface area contributed by atoms with E-state index in [1.54, 1.807) is 12.5 Å². The fourth-order valence-electron chi connectivity index (χ4n) is 2.19. The number of carbonyl (C=O) groups is 2. The van der Waals surface area contributed by atoms with Gasteiger partial charge in [0.2, 0.25) is 0 Å². The Bertz CT molecular complexity index is 463. The maximum absolute atomic E-state index is 11.6. The number of hydrogen-bond donors (Lipinski definition) is 3. The summed E-state index contributed by atoms with van der Waals surface area (Å²) in [5, 5.41) is 14.2. The van der Waals surface area contributed by atoms with Gasteiger partial charge in [0.15, 0.2) is 6.10 Å². The third-order valence-electron chi connectivity index (χ3n) is 3.31. The molecule has 1 aromatic rings. The van der Waals surface area contributed by atoms with E-state index in [4.69, 9.17) is 9.84 Å². The van der Waals surface area contributed by atoms with E-state index in [-0.39, 0.29) is 12.1 Å². The number of imidazole rings is 1. The lowest BCUT2D eigenvalue weighted by molar-refractivity contribution is -0.149. The summed E-state index contributed by atoms with van der Waals surface area (Å²) in [7, 11) is 0. The number of amides is 2. The molecular weight excluding hydrogens is 276 g/mol. The van der Waals surface area contributed by atoms with Crippen LogP contribution in [-0.4, -0.2) is 52.0 Å². The molecule has 0 saturated carbocycles. The molecule has 1 fully saturated rings. The minimum atomic E-state index is -0.943. The molecule has 1 saturated heterocycles. The molecule has 8 nitrogen and oxygen atoms in total. The Morgan fingerprint density at radius 2 is 2.24 bits per heavy atom. The summed E-state index contributed by atoms with van der Waals surface area (Å²) in [6.45, 7) is 1.69. The molecule has 2 amide bonds. The van der Waals surface area contributed by atoms with Crippen molar-refractivity contribution in [2.24, 2.45) is 0 Å². The van der Waals surface area contributed by atoms with E-state index in [0.29, 0.717) is 25.9 Å². The molecule has 2 rings (SSSR count). The molecular formula is C13H20N4O4. The Morgan fingerprint density at radius 3 is 2.90 bits per heavy atom. The van der Waals surface area contributed by atoms with E-state index in [9.17, 15) is 9.59 Å². The highest BCUT2D eigenvalue weighted by atomic mass is 16.5. The van der Waals surface area contributed by atoms with Crippen molar-refractivity contribution in [3.8, 4) is 0 Å². The van der Waals surface area contributed by atoms with Crippen molar-refractivity contribution in [2.45, 2.75) is 38.0 Å². The van der Waals surface area contributed by atoms with Gasteiger partial charge in [-0.3, -0.25) is 0 Å². The van der Waals surface area contributed by atoms with Crippen LogP contribution in [0.3, 0.4) is 0 Å². The fourth-order valence-corrected chi connectivity index (χ4v) is 2.19. The second-order valence-corrected chi connectivity index (χ2v) is 4.95. The zero-order chi connectivity index (χ0) is 15.1. The SMILES string of the molecule is O=C(NCCCn1ccnc1)NCC1CCC(C(=O)O)O1. The van der Waals surface area contributed by atoms with E-state index in [2.05, 4.69) is 15.6 Å². The number of rotatable bonds is 7. The van der Waals surface area contributed by atoms with Crippen LogP contribution in [0.4, 0.5) is 4.79 Å². The summed E-state index contributed by atoms with van der Waals surface area (Å²) in [5.41, 5.74) is 0. The Hall–Kier alpha value is -2.09. The van der Waals surface area contributed by atoms with Gasteiger partial charge in [0.1, 0.15) is 0 Å². The Morgan fingerprint density at radius 1 is 1.38 bits per heavy atom. The van der Waals surface area contributed by atoms with Gasteiger partial charge in [-0.05, 0) is 19.3 Å². The van der Waals surface area contributed by atoms with Gasteiger partial charge in [-0.2, -0.15) is 0 Å². The van der Waals surface area contributed by atoms with Crippen LogP contribution in [0.15, 0.2) is 18.7 Å². The van der Waals surface area contributed by atoms with Crippen molar-refractivity contribution in [2.75, 3.05) is 13.1 Å². The van der Waals surface area contributed by atoms with Gasteiger partial charge in [-0.1, -0.05) is 0 Å². The molecule has 2 heterocycles. The van der Waals surface area contributed by atoms with Crippen molar-refractivity contribution in [1.82, 2.24) is 20.2 Å². The lowest BCUT2D eigenvalue weighted by atomic mass is 10.2. The van der Waals surface area contributed by atoms with Crippen LogP contribution < -0.4 is 10.6 Å². The van der Waals surface area contributed by atoms with Gasteiger partial charge in [0, 0.05) is 32.0 Å². The van der Waals surface area contributed by atoms with Crippen molar-refractivity contribution in [1.29, 1.82) is 0 Å². The maximum atomic E-state index is 11.6. The molecule has 116 valence electrons. The average Bonchev–Trinajstić information content (AvgIpc) is 3.12. The van der Waals surface area contributed by atoms with Gasteiger partial charge >= 0.3 is 12.0 Å². The second kappa shape index (κ2) is 7.63. The highest BCUT2D eigenvalue weighted by Gasteiger charge is 2.30. The summed E-state index contributed by atoms with van der Waals surface area (Å²) >= 11 is 0. The minimum absolute atomic E-state index is 0.220. The molecule has 1 aromatic heterocycles. The van der Waals surface area contributed by atoms with Gasteiger partial charge in [-0.15, -0.1) is 0 Å². The smallest absolute Gasteiger partial charge is 0.332 e. The molecule has 21 heavy (non-hydrogen) atoms. The number of aryl methyl sites for hydroxylation is 1. The summed E-state index contributed by atoms with van der Waals surface area (Å²) < 4.78 is 7.24. The normalized spacial score (nSPS) is 21.1. The zero-order valence-electron chi connectivity index (χ0n) is 11.7. The van der Waals surface area contributed by atoms with Gasteiger partial charge in [-0.25, -0.2) is 14.6 Å². The van der Waals surface area contributed by atoms with Crippen LogP contribution in [0.25, 0.3) is 0 Å². The Balaban J connectivity index is 1.53. The molecule has 0 aliphatic carbocycles. The van der Waals surface area contributed by atoms with Crippen molar-refractivity contribution in [3.05, 3.63) is 18.7 Å². The molecule has 1 aliphatic heterocycles. The van der Waals surface area contributed by atoms with E-state index in [1.165, 1.54) is 0 Å². The Kier molecular flexibility index (Phi) is 5.56. The third-order valence-corrected chi connectivity index (χ3v) is 3.31. The Labute approximate surface area is 122 Å². The van der Waals surface area contributed by atoms with Crippen LogP contribution >= 0.6 is 0 Å². The van der Waals surface area contributed by atoms with Gasteiger partial charge in [0.05, 0.1) is 12.4 Å². The number of ether oxygens (including phenoxy) is 1. The number of carbonyl (C=O) groups excluding carboxylic acids is 1. The van der Waals surface area contributed by atoms with E-state index in [1.807, 2.05) is 10.8 Å². The second-order valence-electron chi connectivity index (χ2n) is 4.95. The predicted octanol–water partition coefficient (Wildman–Crippen LogP) is 0.205. The summed E-state index contributed by atoms with van der Waals surface area (Å²) in [6, 6.07) is -0.261. The van der Waals surface area contributed by atoms with E-state index in [0.717, 1.165) is 13.0 Å².